The zero-order valence-electron chi connectivity index (χ0n) is 21.0. The van der Waals surface area contributed by atoms with Crippen LogP contribution in [0.2, 0.25) is 0 Å². The van der Waals surface area contributed by atoms with Gasteiger partial charge in [-0.15, -0.1) is 0 Å². The lowest BCUT2D eigenvalue weighted by Gasteiger charge is -2.13. The van der Waals surface area contributed by atoms with E-state index in [9.17, 15) is 0 Å². The van der Waals surface area contributed by atoms with Gasteiger partial charge in [0.2, 0.25) is 0 Å². The van der Waals surface area contributed by atoms with Crippen LogP contribution in [0.15, 0.2) is 141 Å². The van der Waals surface area contributed by atoms with Crippen molar-refractivity contribution in [3.05, 3.63) is 157 Å². The largest absolute Gasteiger partial charge is 0.0984 e. The van der Waals surface area contributed by atoms with Crippen molar-refractivity contribution in [2.24, 2.45) is 0 Å². The normalized spacial score (nSPS) is 11.8. The maximum atomic E-state index is 4.39. The van der Waals surface area contributed by atoms with E-state index in [-0.39, 0.29) is 0 Å². The summed E-state index contributed by atoms with van der Waals surface area (Å²) in [6.07, 6.45) is 4.07. The van der Waals surface area contributed by atoms with Gasteiger partial charge in [-0.2, -0.15) is 0 Å². The summed E-state index contributed by atoms with van der Waals surface area (Å²) in [6, 6.07) is 41.2. The zero-order valence-corrected chi connectivity index (χ0v) is 21.0. The fourth-order valence-electron chi connectivity index (χ4n) is 5.38. The smallest absolute Gasteiger partial charge is 0.00928 e. The molecule has 0 fully saturated rings. The quantitative estimate of drug-likeness (QED) is 0.173. The Morgan fingerprint density at radius 1 is 0.568 bits per heavy atom. The van der Waals surface area contributed by atoms with E-state index in [0.717, 1.165) is 22.3 Å². The predicted molar refractivity (Wildman–Crippen MR) is 163 cm³/mol. The second-order valence-corrected chi connectivity index (χ2v) is 9.57. The summed E-state index contributed by atoms with van der Waals surface area (Å²) in [4.78, 5) is 0. The highest BCUT2D eigenvalue weighted by Gasteiger charge is 2.10. The minimum absolute atomic E-state index is 0.967. The second-order valence-electron chi connectivity index (χ2n) is 9.57. The second kappa shape index (κ2) is 9.41. The van der Waals surface area contributed by atoms with E-state index in [1.54, 1.807) is 0 Å². The third-order valence-corrected chi connectivity index (χ3v) is 7.34. The van der Waals surface area contributed by atoms with Crippen molar-refractivity contribution in [2.75, 3.05) is 0 Å². The fraction of sp³-hybridized carbons (Fsp3) is 0.0270. The highest BCUT2D eigenvalue weighted by molar-refractivity contribution is 6.25. The van der Waals surface area contributed by atoms with Crippen molar-refractivity contribution in [3.63, 3.8) is 0 Å². The number of fused-ring (bicyclic) bond motifs is 6. The molecule has 6 aromatic rings. The molecule has 0 spiro atoms. The number of aryl methyl sites for hydroxylation is 1. The van der Waals surface area contributed by atoms with Crippen molar-refractivity contribution in [2.45, 2.75) is 6.92 Å². The Morgan fingerprint density at radius 2 is 1.08 bits per heavy atom. The Labute approximate surface area is 218 Å². The highest BCUT2D eigenvalue weighted by Crippen LogP contribution is 2.36. The van der Waals surface area contributed by atoms with Gasteiger partial charge in [0.25, 0.3) is 0 Å². The van der Waals surface area contributed by atoms with Crippen LogP contribution in [0.3, 0.4) is 0 Å². The first-order valence-corrected chi connectivity index (χ1v) is 12.7. The van der Waals surface area contributed by atoms with E-state index >= 15 is 0 Å². The molecule has 0 nitrogen and oxygen atoms in total. The van der Waals surface area contributed by atoms with Crippen molar-refractivity contribution in [1.29, 1.82) is 0 Å². The molecule has 0 saturated carbocycles. The summed E-state index contributed by atoms with van der Waals surface area (Å²) in [5.41, 5.74) is 8.03. The molecular formula is C37H28. The number of hydrogen-bond acceptors (Lipinski definition) is 0. The lowest BCUT2D eigenvalue weighted by Crippen LogP contribution is -1.88. The first-order valence-electron chi connectivity index (χ1n) is 12.7. The summed E-state index contributed by atoms with van der Waals surface area (Å²) in [7, 11) is 0. The summed E-state index contributed by atoms with van der Waals surface area (Å²) in [5.74, 6) is 0. The van der Waals surface area contributed by atoms with Crippen LogP contribution < -0.4 is 0 Å². The van der Waals surface area contributed by atoms with Crippen molar-refractivity contribution in [1.82, 2.24) is 0 Å². The Bertz CT molecular complexity index is 1810. The molecule has 0 N–H and O–H groups in total. The Balaban J connectivity index is 1.41. The van der Waals surface area contributed by atoms with Crippen molar-refractivity contribution >= 4 is 43.5 Å². The van der Waals surface area contributed by atoms with E-state index in [0.29, 0.717) is 0 Å². The summed E-state index contributed by atoms with van der Waals surface area (Å²) >= 11 is 0. The van der Waals surface area contributed by atoms with Crippen LogP contribution in [0.5, 0.6) is 0 Å². The van der Waals surface area contributed by atoms with Gasteiger partial charge in [0, 0.05) is 0 Å². The minimum Gasteiger partial charge on any atom is -0.0984 e. The van der Waals surface area contributed by atoms with Gasteiger partial charge in [-0.25, -0.2) is 0 Å². The third-order valence-electron chi connectivity index (χ3n) is 7.34. The molecule has 0 aromatic heterocycles. The maximum absolute atomic E-state index is 4.39. The molecule has 0 aliphatic heterocycles. The van der Waals surface area contributed by atoms with Crippen LogP contribution in [0.25, 0.3) is 54.6 Å². The molecule has 0 unspecified atom stereocenters. The van der Waals surface area contributed by atoms with Crippen LogP contribution >= 0.6 is 0 Å². The average Bonchev–Trinajstić information content (AvgIpc) is 2.96. The molecule has 0 atom stereocenters. The highest BCUT2D eigenvalue weighted by atomic mass is 14.1. The number of benzene rings is 6. The molecule has 0 saturated heterocycles. The van der Waals surface area contributed by atoms with Gasteiger partial charge >= 0.3 is 0 Å². The molecule has 0 bridgehead atoms. The van der Waals surface area contributed by atoms with E-state index < -0.39 is 0 Å². The molecule has 0 radical (unpaired) electrons. The molecule has 176 valence electrons. The summed E-state index contributed by atoms with van der Waals surface area (Å²) in [6.45, 7) is 10.7. The van der Waals surface area contributed by atoms with Gasteiger partial charge in [-0.3, -0.25) is 0 Å². The predicted octanol–water partition coefficient (Wildman–Crippen LogP) is 10.4. The third kappa shape index (κ3) is 4.07. The topological polar surface area (TPSA) is 0 Å². The SMILES string of the molecule is C=C/C(=C\C(=C)c1ccc(-c2ccccc2C)cc1)c1ccc2c3ccccc3c3ccccc3c2c1. The summed E-state index contributed by atoms with van der Waals surface area (Å²) in [5, 5.41) is 7.65. The van der Waals surface area contributed by atoms with E-state index in [1.807, 2.05) is 6.08 Å². The molecule has 37 heavy (non-hydrogen) atoms. The fourth-order valence-corrected chi connectivity index (χ4v) is 5.38. The number of allylic oxidation sites excluding steroid dienone is 4. The van der Waals surface area contributed by atoms with Crippen LogP contribution in [0.4, 0.5) is 0 Å². The van der Waals surface area contributed by atoms with E-state index in [4.69, 9.17) is 0 Å². The standard InChI is InChI=1S/C37H28/c1-4-27(23-26(3)28-17-19-29(20-18-28)31-12-6-5-11-25(31)2)30-21-22-36-34-15-8-7-13-32(34)33-14-9-10-16-35(33)37(36)24-30/h4-24H,1,3H2,2H3/b27-23+. The van der Waals surface area contributed by atoms with Crippen LogP contribution in [-0.4, -0.2) is 0 Å². The Morgan fingerprint density at radius 3 is 1.68 bits per heavy atom. The van der Waals surface area contributed by atoms with Gasteiger partial charge in [0.05, 0.1) is 0 Å². The maximum Gasteiger partial charge on any atom is -0.00928 e. The molecule has 0 aliphatic rings. The average molecular weight is 473 g/mol. The molecule has 6 rings (SSSR count). The number of rotatable bonds is 5. The zero-order chi connectivity index (χ0) is 25.4. The van der Waals surface area contributed by atoms with Crippen LogP contribution in [-0.2, 0) is 0 Å². The Kier molecular flexibility index (Phi) is 5.79. The monoisotopic (exact) mass is 472 g/mol. The lowest BCUT2D eigenvalue weighted by atomic mass is 9.91. The molecule has 0 amide bonds. The summed E-state index contributed by atoms with van der Waals surface area (Å²) < 4.78 is 0. The van der Waals surface area contributed by atoms with E-state index in [1.165, 1.54) is 49.0 Å². The molecular weight excluding hydrogens is 444 g/mol. The van der Waals surface area contributed by atoms with Gasteiger partial charge < -0.3 is 0 Å². The molecule has 6 aromatic carbocycles. The van der Waals surface area contributed by atoms with Gasteiger partial charge in [0.15, 0.2) is 0 Å². The van der Waals surface area contributed by atoms with Gasteiger partial charge in [-0.1, -0.05) is 128 Å². The van der Waals surface area contributed by atoms with Crippen molar-refractivity contribution in [3.8, 4) is 11.1 Å². The van der Waals surface area contributed by atoms with Gasteiger partial charge in [0.1, 0.15) is 0 Å². The van der Waals surface area contributed by atoms with Crippen LogP contribution in [0, 0.1) is 6.92 Å². The van der Waals surface area contributed by atoms with Gasteiger partial charge in [-0.05, 0) is 90.3 Å². The van der Waals surface area contributed by atoms with Crippen molar-refractivity contribution < 1.29 is 0 Å². The Hall–Kier alpha value is -4.68. The molecule has 0 heterocycles. The molecule has 0 heteroatoms. The van der Waals surface area contributed by atoms with Crippen LogP contribution in [0.1, 0.15) is 16.7 Å². The lowest BCUT2D eigenvalue weighted by molar-refractivity contribution is 1.45. The first-order chi connectivity index (χ1) is 18.1. The number of hydrogen-bond donors (Lipinski definition) is 0. The van der Waals surface area contributed by atoms with E-state index in [2.05, 4.69) is 141 Å². The first kappa shape index (κ1) is 22.8. The molecule has 0 aliphatic carbocycles. The minimum atomic E-state index is 0.967.